The van der Waals surface area contributed by atoms with Crippen LogP contribution < -0.4 is 5.73 Å². The third kappa shape index (κ3) is 2.93. The van der Waals surface area contributed by atoms with Crippen LogP contribution in [-0.4, -0.2) is 16.3 Å². The van der Waals surface area contributed by atoms with E-state index in [1.54, 1.807) is 0 Å². The Labute approximate surface area is 121 Å². The van der Waals surface area contributed by atoms with Crippen molar-refractivity contribution in [3.8, 4) is 11.3 Å². The first-order valence-corrected chi connectivity index (χ1v) is 7.17. The van der Waals surface area contributed by atoms with E-state index >= 15 is 0 Å². The van der Waals surface area contributed by atoms with Crippen molar-refractivity contribution in [1.29, 1.82) is 0 Å². The van der Waals surface area contributed by atoms with Gasteiger partial charge in [0.05, 0.1) is 11.4 Å². The lowest BCUT2D eigenvalue weighted by molar-refractivity contribution is 0.590. The number of nitrogens with two attached hydrogens (primary N) is 1. The first-order chi connectivity index (χ1) is 9.32. The first-order valence-electron chi connectivity index (χ1n) is 7.17. The molecule has 0 radical (unpaired) electrons. The third-order valence-corrected chi connectivity index (χ3v) is 3.70. The van der Waals surface area contributed by atoms with Crippen LogP contribution in [-0.2, 0) is 18.9 Å². The predicted octanol–water partition coefficient (Wildman–Crippen LogP) is 3.19. The van der Waals surface area contributed by atoms with Gasteiger partial charge in [-0.1, -0.05) is 39.0 Å². The minimum absolute atomic E-state index is 0.181. The molecule has 0 aliphatic rings. The molecule has 0 aliphatic carbocycles. The first kappa shape index (κ1) is 14.8. The Morgan fingerprint density at radius 2 is 1.90 bits per heavy atom. The molecule has 3 heteroatoms. The molecule has 0 unspecified atom stereocenters. The summed E-state index contributed by atoms with van der Waals surface area (Å²) in [6, 6.07) is 8.86. The average Bonchev–Trinajstić information content (AvgIpc) is 2.69. The molecule has 0 spiro atoms. The molecular weight excluding hydrogens is 246 g/mol. The maximum absolute atomic E-state index is 5.61. The molecule has 0 saturated carbocycles. The second kappa shape index (κ2) is 5.41. The predicted molar refractivity (Wildman–Crippen MR) is 84.8 cm³/mol. The fourth-order valence-electron chi connectivity index (χ4n) is 2.47. The van der Waals surface area contributed by atoms with Crippen molar-refractivity contribution in [3.63, 3.8) is 0 Å². The molecule has 0 fully saturated rings. The lowest BCUT2D eigenvalue weighted by Gasteiger charge is -2.20. The van der Waals surface area contributed by atoms with E-state index in [0.29, 0.717) is 6.54 Å². The van der Waals surface area contributed by atoms with Crippen molar-refractivity contribution in [2.75, 3.05) is 6.54 Å². The summed E-state index contributed by atoms with van der Waals surface area (Å²) in [7, 11) is 1.99. The Kier molecular flexibility index (Phi) is 4.00. The molecule has 1 aromatic heterocycles. The van der Waals surface area contributed by atoms with Crippen LogP contribution in [0.1, 0.15) is 37.6 Å². The fourth-order valence-corrected chi connectivity index (χ4v) is 2.47. The van der Waals surface area contributed by atoms with Crippen LogP contribution >= 0.6 is 0 Å². The largest absolute Gasteiger partial charge is 0.330 e. The van der Waals surface area contributed by atoms with Crippen LogP contribution in [0, 0.1) is 6.92 Å². The van der Waals surface area contributed by atoms with Crippen LogP contribution in [0.15, 0.2) is 24.3 Å². The van der Waals surface area contributed by atoms with E-state index < -0.39 is 0 Å². The van der Waals surface area contributed by atoms with Crippen LogP contribution in [0.4, 0.5) is 0 Å². The SMILES string of the molecule is Cc1cc(C(C)(C)C)ccc1-c1cc(CCN)nn1C. The number of hydrogen-bond acceptors (Lipinski definition) is 2. The highest BCUT2D eigenvalue weighted by Gasteiger charge is 2.16. The molecule has 2 aromatic rings. The zero-order valence-corrected chi connectivity index (χ0v) is 13.2. The van der Waals surface area contributed by atoms with Gasteiger partial charge in [0.1, 0.15) is 0 Å². The molecule has 0 atom stereocenters. The van der Waals surface area contributed by atoms with Gasteiger partial charge in [0.15, 0.2) is 0 Å². The smallest absolute Gasteiger partial charge is 0.0684 e. The Morgan fingerprint density at radius 1 is 1.20 bits per heavy atom. The Balaban J connectivity index is 2.43. The van der Waals surface area contributed by atoms with Crippen LogP contribution in [0.5, 0.6) is 0 Å². The van der Waals surface area contributed by atoms with Gasteiger partial charge in [0.25, 0.3) is 0 Å². The quantitative estimate of drug-likeness (QED) is 0.931. The molecule has 0 saturated heterocycles. The highest BCUT2D eigenvalue weighted by atomic mass is 15.3. The van der Waals surface area contributed by atoms with Crippen LogP contribution in [0.3, 0.4) is 0 Å². The molecule has 3 nitrogen and oxygen atoms in total. The molecular formula is C17H25N3. The Bertz CT molecular complexity index is 603. The number of nitrogens with zero attached hydrogens (tertiary/aromatic N) is 2. The number of aromatic nitrogens is 2. The van der Waals surface area contributed by atoms with E-state index in [-0.39, 0.29) is 5.41 Å². The van der Waals surface area contributed by atoms with Crippen LogP contribution in [0.2, 0.25) is 0 Å². The highest BCUT2D eigenvalue weighted by molar-refractivity contribution is 5.65. The van der Waals surface area contributed by atoms with Gasteiger partial charge >= 0.3 is 0 Å². The van der Waals surface area contributed by atoms with Crippen molar-refractivity contribution in [1.82, 2.24) is 9.78 Å². The summed E-state index contributed by atoms with van der Waals surface area (Å²) in [5.74, 6) is 0. The zero-order valence-electron chi connectivity index (χ0n) is 13.2. The van der Waals surface area contributed by atoms with E-state index in [1.807, 2.05) is 11.7 Å². The summed E-state index contributed by atoms with van der Waals surface area (Å²) in [6.45, 7) is 9.53. The molecule has 0 aliphatic heterocycles. The van der Waals surface area contributed by atoms with Gasteiger partial charge in [0.2, 0.25) is 0 Å². The second-order valence-electron chi connectivity index (χ2n) is 6.46. The number of rotatable bonds is 3. The van der Waals surface area contributed by atoms with Gasteiger partial charge in [-0.3, -0.25) is 4.68 Å². The van der Waals surface area contributed by atoms with E-state index in [9.17, 15) is 0 Å². The molecule has 20 heavy (non-hydrogen) atoms. The normalized spacial score (nSPS) is 11.9. The molecule has 1 aromatic carbocycles. The summed E-state index contributed by atoms with van der Waals surface area (Å²) in [4.78, 5) is 0. The Hall–Kier alpha value is -1.61. The summed E-state index contributed by atoms with van der Waals surface area (Å²) >= 11 is 0. The molecule has 108 valence electrons. The maximum Gasteiger partial charge on any atom is 0.0684 e. The molecule has 2 rings (SSSR count). The molecule has 1 heterocycles. The summed E-state index contributed by atoms with van der Waals surface area (Å²) in [5.41, 5.74) is 11.9. The maximum atomic E-state index is 5.61. The van der Waals surface area contributed by atoms with E-state index in [2.05, 4.69) is 57.1 Å². The number of hydrogen-bond donors (Lipinski definition) is 1. The average molecular weight is 271 g/mol. The Morgan fingerprint density at radius 3 is 2.45 bits per heavy atom. The summed E-state index contributed by atoms with van der Waals surface area (Å²) in [5, 5.41) is 4.53. The molecule has 0 bridgehead atoms. The van der Waals surface area contributed by atoms with Crippen molar-refractivity contribution < 1.29 is 0 Å². The van der Waals surface area contributed by atoms with Crippen molar-refractivity contribution in [2.24, 2.45) is 12.8 Å². The number of aryl methyl sites for hydroxylation is 2. The van der Waals surface area contributed by atoms with Crippen LogP contribution in [0.25, 0.3) is 11.3 Å². The van der Waals surface area contributed by atoms with Gasteiger partial charge in [0, 0.05) is 19.0 Å². The summed E-state index contributed by atoms with van der Waals surface area (Å²) < 4.78 is 1.95. The number of benzene rings is 1. The van der Waals surface area contributed by atoms with Crippen molar-refractivity contribution >= 4 is 0 Å². The minimum Gasteiger partial charge on any atom is -0.330 e. The molecule has 0 amide bonds. The van der Waals surface area contributed by atoms with Crippen molar-refractivity contribution in [2.45, 2.75) is 39.5 Å². The molecule has 2 N–H and O–H groups in total. The monoisotopic (exact) mass is 271 g/mol. The third-order valence-electron chi connectivity index (χ3n) is 3.70. The summed E-state index contributed by atoms with van der Waals surface area (Å²) in [6.07, 6.45) is 0.826. The van der Waals surface area contributed by atoms with Gasteiger partial charge in [-0.2, -0.15) is 5.10 Å². The topological polar surface area (TPSA) is 43.8 Å². The standard InChI is InChI=1S/C17H25N3/c1-12-10-13(17(2,3)4)6-7-15(12)16-11-14(8-9-18)19-20(16)5/h6-7,10-11H,8-9,18H2,1-5H3. The van der Waals surface area contributed by atoms with E-state index in [0.717, 1.165) is 17.8 Å². The van der Waals surface area contributed by atoms with Gasteiger partial charge in [-0.15, -0.1) is 0 Å². The minimum atomic E-state index is 0.181. The van der Waals surface area contributed by atoms with E-state index in [1.165, 1.54) is 16.7 Å². The van der Waals surface area contributed by atoms with Gasteiger partial charge in [-0.25, -0.2) is 0 Å². The van der Waals surface area contributed by atoms with Crippen molar-refractivity contribution in [3.05, 3.63) is 41.1 Å². The van der Waals surface area contributed by atoms with E-state index in [4.69, 9.17) is 5.73 Å². The lowest BCUT2D eigenvalue weighted by atomic mass is 9.85. The van der Waals surface area contributed by atoms with Gasteiger partial charge < -0.3 is 5.73 Å². The zero-order chi connectivity index (χ0) is 14.9. The second-order valence-corrected chi connectivity index (χ2v) is 6.46. The fraction of sp³-hybridized carbons (Fsp3) is 0.471. The van der Waals surface area contributed by atoms with Gasteiger partial charge in [-0.05, 0) is 36.1 Å². The highest BCUT2D eigenvalue weighted by Crippen LogP contribution is 2.29. The lowest BCUT2D eigenvalue weighted by Crippen LogP contribution is -2.11.